The van der Waals surface area contributed by atoms with Crippen LogP contribution in [0.4, 0.5) is 5.82 Å². The quantitative estimate of drug-likeness (QED) is 0.840. The number of ether oxygens (including phenoxy) is 2. The Morgan fingerprint density at radius 1 is 1.21 bits per heavy atom. The van der Waals surface area contributed by atoms with E-state index in [1.54, 1.807) is 6.20 Å². The molecule has 3 N–H and O–H groups in total. The first kappa shape index (κ1) is 12.8. The molecule has 0 radical (unpaired) electrons. The average molecular weight is 264 g/mol. The first-order chi connectivity index (χ1) is 9.11. The zero-order chi connectivity index (χ0) is 13.3. The van der Waals surface area contributed by atoms with Gasteiger partial charge in [-0.2, -0.15) is 0 Å². The van der Waals surface area contributed by atoms with Crippen LogP contribution in [0.2, 0.25) is 0 Å². The molecule has 3 rings (SSSR count). The summed E-state index contributed by atoms with van der Waals surface area (Å²) >= 11 is 0. The van der Waals surface area contributed by atoms with Crippen molar-refractivity contribution in [3.63, 3.8) is 0 Å². The molecule has 0 unspecified atom stereocenters. The number of aromatic nitrogens is 1. The number of rotatable bonds is 2. The zero-order valence-electron chi connectivity index (χ0n) is 11.0. The Bertz CT molecular complexity index is 448. The van der Waals surface area contributed by atoms with Gasteiger partial charge >= 0.3 is 0 Å². The number of nitrogens with zero attached hydrogens (tertiary/aromatic N) is 1. The third-order valence-electron chi connectivity index (χ3n) is 4.20. The normalized spacial score (nSPS) is 24.7. The van der Waals surface area contributed by atoms with E-state index in [-0.39, 0.29) is 0 Å². The molecule has 0 bridgehead atoms. The summed E-state index contributed by atoms with van der Waals surface area (Å²) in [5, 5.41) is 10.7. The summed E-state index contributed by atoms with van der Waals surface area (Å²) in [6, 6.07) is 3.77. The van der Waals surface area contributed by atoms with E-state index in [0.29, 0.717) is 38.3 Å². The number of aliphatic hydroxyl groups is 1. The third kappa shape index (κ3) is 2.59. The van der Waals surface area contributed by atoms with Gasteiger partial charge in [-0.15, -0.1) is 0 Å². The number of anilines is 1. The van der Waals surface area contributed by atoms with Crippen molar-refractivity contribution in [2.24, 2.45) is 0 Å². The van der Waals surface area contributed by atoms with E-state index in [1.807, 2.05) is 12.1 Å². The third-order valence-corrected chi connectivity index (χ3v) is 4.20. The highest BCUT2D eigenvalue weighted by Gasteiger charge is 2.45. The summed E-state index contributed by atoms with van der Waals surface area (Å²) in [5.74, 6) is 0.0665. The summed E-state index contributed by atoms with van der Waals surface area (Å²) in [6.45, 7) is 1.32. The molecule has 1 aromatic heterocycles. The molecule has 0 aromatic carbocycles. The molecule has 1 aliphatic heterocycles. The number of hydrogen-bond donors (Lipinski definition) is 2. The lowest BCUT2D eigenvalue weighted by Gasteiger charge is -2.40. The molecular formula is C14H20N2O3. The number of nitrogen functional groups attached to an aromatic ring is 1. The lowest BCUT2D eigenvalue weighted by Crippen LogP contribution is -2.44. The molecule has 5 heteroatoms. The van der Waals surface area contributed by atoms with Gasteiger partial charge < -0.3 is 20.3 Å². The van der Waals surface area contributed by atoms with Crippen LogP contribution >= 0.6 is 0 Å². The average Bonchev–Trinajstić information content (AvgIpc) is 2.86. The summed E-state index contributed by atoms with van der Waals surface area (Å²) in [6.07, 6.45) is 5.03. The van der Waals surface area contributed by atoms with E-state index in [4.69, 9.17) is 15.2 Å². The predicted molar refractivity (Wildman–Crippen MR) is 70.4 cm³/mol. The van der Waals surface area contributed by atoms with Gasteiger partial charge in [0.15, 0.2) is 5.79 Å². The van der Waals surface area contributed by atoms with Gasteiger partial charge in [0.1, 0.15) is 5.82 Å². The van der Waals surface area contributed by atoms with Crippen LogP contribution in [0.15, 0.2) is 18.3 Å². The van der Waals surface area contributed by atoms with Crippen LogP contribution in [0.25, 0.3) is 0 Å². The maximum Gasteiger partial charge on any atom is 0.168 e. The Morgan fingerprint density at radius 2 is 1.89 bits per heavy atom. The summed E-state index contributed by atoms with van der Waals surface area (Å²) in [5.41, 5.74) is 6.03. The fourth-order valence-electron chi connectivity index (χ4n) is 3.01. The Kier molecular flexibility index (Phi) is 3.20. The number of nitrogens with two attached hydrogens (primary N) is 1. The zero-order valence-corrected chi connectivity index (χ0v) is 11.0. The van der Waals surface area contributed by atoms with Crippen LogP contribution in [-0.4, -0.2) is 34.7 Å². The molecule has 0 amide bonds. The van der Waals surface area contributed by atoms with Crippen LogP contribution in [0, 0.1) is 0 Å². The molecule has 2 heterocycles. The number of hydrogen-bond acceptors (Lipinski definition) is 5. The van der Waals surface area contributed by atoms with Crippen molar-refractivity contribution in [3.8, 4) is 0 Å². The highest BCUT2D eigenvalue weighted by Crippen LogP contribution is 2.41. The van der Waals surface area contributed by atoms with Crippen molar-refractivity contribution < 1.29 is 14.6 Å². The first-order valence-electron chi connectivity index (χ1n) is 6.81. The molecule has 104 valence electrons. The minimum absolute atomic E-state index is 0.438. The van der Waals surface area contributed by atoms with Crippen LogP contribution in [0.1, 0.15) is 31.2 Å². The molecule has 1 saturated heterocycles. The molecule has 0 atom stereocenters. The molecule has 1 saturated carbocycles. The summed E-state index contributed by atoms with van der Waals surface area (Å²) in [7, 11) is 0. The Balaban J connectivity index is 1.67. The van der Waals surface area contributed by atoms with Gasteiger partial charge in [0.2, 0.25) is 0 Å². The second-order valence-corrected chi connectivity index (χ2v) is 5.56. The Morgan fingerprint density at radius 3 is 2.53 bits per heavy atom. The van der Waals surface area contributed by atoms with Crippen LogP contribution in [0.5, 0.6) is 0 Å². The fourth-order valence-corrected chi connectivity index (χ4v) is 3.01. The van der Waals surface area contributed by atoms with Crippen molar-refractivity contribution in [3.05, 3.63) is 23.9 Å². The van der Waals surface area contributed by atoms with Gasteiger partial charge in [-0.25, -0.2) is 4.98 Å². The van der Waals surface area contributed by atoms with Gasteiger partial charge in [0.25, 0.3) is 0 Å². The van der Waals surface area contributed by atoms with E-state index in [9.17, 15) is 5.11 Å². The van der Waals surface area contributed by atoms with Crippen LogP contribution in [-0.2, 0) is 15.9 Å². The molecule has 2 fully saturated rings. The van der Waals surface area contributed by atoms with Crippen molar-refractivity contribution >= 4 is 5.82 Å². The van der Waals surface area contributed by atoms with Crippen molar-refractivity contribution in [1.82, 2.24) is 4.98 Å². The highest BCUT2D eigenvalue weighted by molar-refractivity contribution is 5.39. The van der Waals surface area contributed by atoms with Crippen molar-refractivity contribution in [2.45, 2.75) is 43.5 Å². The molecule has 19 heavy (non-hydrogen) atoms. The smallest absolute Gasteiger partial charge is 0.168 e. The van der Waals surface area contributed by atoms with E-state index in [1.165, 1.54) is 0 Å². The van der Waals surface area contributed by atoms with Crippen LogP contribution in [0.3, 0.4) is 0 Å². The highest BCUT2D eigenvalue weighted by atomic mass is 16.7. The summed E-state index contributed by atoms with van der Waals surface area (Å²) in [4.78, 5) is 4.06. The lowest BCUT2D eigenvalue weighted by atomic mass is 9.78. The predicted octanol–water partition coefficient (Wildman–Crippen LogP) is 1.25. The van der Waals surface area contributed by atoms with Gasteiger partial charge in [-0.1, -0.05) is 6.07 Å². The largest absolute Gasteiger partial charge is 0.390 e. The number of pyridine rings is 1. The minimum Gasteiger partial charge on any atom is -0.390 e. The molecule has 5 nitrogen and oxygen atoms in total. The van der Waals surface area contributed by atoms with E-state index >= 15 is 0 Å². The van der Waals surface area contributed by atoms with Gasteiger partial charge in [-0.05, 0) is 24.5 Å². The van der Waals surface area contributed by atoms with E-state index < -0.39 is 11.4 Å². The molecule has 1 aromatic rings. The summed E-state index contributed by atoms with van der Waals surface area (Å²) < 4.78 is 11.4. The second kappa shape index (κ2) is 4.74. The maximum absolute atomic E-state index is 10.7. The molecule has 2 aliphatic rings. The van der Waals surface area contributed by atoms with E-state index in [0.717, 1.165) is 18.4 Å². The monoisotopic (exact) mass is 264 g/mol. The fraction of sp³-hybridized carbons (Fsp3) is 0.643. The maximum atomic E-state index is 10.7. The van der Waals surface area contributed by atoms with Crippen LogP contribution < -0.4 is 5.73 Å². The lowest BCUT2D eigenvalue weighted by molar-refractivity contribution is -0.202. The molecule has 1 spiro atoms. The van der Waals surface area contributed by atoms with E-state index in [2.05, 4.69) is 4.98 Å². The van der Waals surface area contributed by atoms with Gasteiger partial charge in [0, 0.05) is 25.5 Å². The molecule has 1 aliphatic carbocycles. The Labute approximate surface area is 112 Å². The van der Waals surface area contributed by atoms with Crippen molar-refractivity contribution in [1.29, 1.82) is 0 Å². The van der Waals surface area contributed by atoms with Crippen molar-refractivity contribution in [2.75, 3.05) is 18.9 Å². The van der Waals surface area contributed by atoms with Gasteiger partial charge in [-0.3, -0.25) is 0 Å². The minimum atomic E-state index is -0.724. The topological polar surface area (TPSA) is 77.6 Å². The standard InChI is InChI=1S/C14H20N2O3/c15-12-11(2-1-7-16-12)10-13(17)3-5-14(6-4-13)18-8-9-19-14/h1-2,7,17H,3-6,8-10H2,(H2,15,16). The SMILES string of the molecule is Nc1ncccc1CC1(O)CCC2(CC1)OCCO2. The second-order valence-electron chi connectivity index (χ2n) is 5.56. The first-order valence-corrected chi connectivity index (χ1v) is 6.81. The molecular weight excluding hydrogens is 244 g/mol. The van der Waals surface area contributed by atoms with Gasteiger partial charge in [0.05, 0.1) is 18.8 Å². The Hall–Kier alpha value is -1.17.